The Morgan fingerprint density at radius 2 is 1.64 bits per heavy atom. The van der Waals surface area contributed by atoms with E-state index in [9.17, 15) is 23.3 Å². The molecule has 126 valence electrons. The zero-order valence-electron chi connectivity index (χ0n) is 12.7. The lowest BCUT2D eigenvalue weighted by molar-refractivity contribution is -0.384. The number of fused-ring (bicyclic) bond motifs is 1. The van der Waals surface area contributed by atoms with E-state index in [2.05, 4.69) is 0 Å². The highest BCUT2D eigenvalue weighted by Crippen LogP contribution is 2.31. The van der Waals surface area contributed by atoms with Crippen molar-refractivity contribution < 1.29 is 18.1 Å². The van der Waals surface area contributed by atoms with Gasteiger partial charge in [0.15, 0.2) is 0 Å². The molecule has 2 N–H and O–H groups in total. The van der Waals surface area contributed by atoms with E-state index >= 15 is 0 Å². The molecule has 0 spiro atoms. The van der Waals surface area contributed by atoms with Crippen molar-refractivity contribution in [2.45, 2.75) is 9.79 Å². The van der Waals surface area contributed by atoms with Gasteiger partial charge in [0.1, 0.15) is 0 Å². The third kappa shape index (κ3) is 2.83. The summed E-state index contributed by atoms with van der Waals surface area (Å²) in [6.45, 7) is 0. The summed E-state index contributed by atoms with van der Waals surface area (Å²) in [5.41, 5.74) is 4.42. The van der Waals surface area contributed by atoms with Gasteiger partial charge in [-0.1, -0.05) is 36.4 Å². The SMILES string of the molecule is NC(=O)c1cc([N+](=O)[O-])ccc1S(=O)(=O)c1cccc2ccccc12. The monoisotopic (exact) mass is 356 g/mol. The fraction of sp³-hybridized carbons (Fsp3) is 0. The molecular weight excluding hydrogens is 344 g/mol. The summed E-state index contributed by atoms with van der Waals surface area (Å²) in [6, 6.07) is 14.6. The Bertz CT molecular complexity index is 1120. The molecule has 0 saturated carbocycles. The lowest BCUT2D eigenvalue weighted by Gasteiger charge is -2.11. The molecule has 0 atom stereocenters. The van der Waals surface area contributed by atoms with E-state index < -0.39 is 31.9 Å². The number of nitro groups is 1. The standard InChI is InChI=1S/C17H12N2O5S/c18-17(20)14-10-12(19(21)22)8-9-16(14)25(23,24)15-7-3-5-11-4-1-2-6-13(11)15/h1-10H,(H2,18,20). The Labute approximate surface area is 142 Å². The molecule has 8 heteroatoms. The highest BCUT2D eigenvalue weighted by molar-refractivity contribution is 7.91. The number of non-ortho nitro benzene ring substituents is 1. The van der Waals surface area contributed by atoms with Crippen LogP contribution in [0.4, 0.5) is 5.69 Å². The molecule has 0 unspecified atom stereocenters. The number of nitro benzene ring substituents is 1. The summed E-state index contributed by atoms with van der Waals surface area (Å²) in [7, 11) is -4.11. The predicted molar refractivity (Wildman–Crippen MR) is 91.0 cm³/mol. The summed E-state index contributed by atoms with van der Waals surface area (Å²) < 4.78 is 26.2. The Kier molecular flexibility index (Phi) is 3.97. The van der Waals surface area contributed by atoms with E-state index in [-0.39, 0.29) is 9.79 Å². The van der Waals surface area contributed by atoms with Gasteiger partial charge in [-0.15, -0.1) is 0 Å². The van der Waals surface area contributed by atoms with Crippen molar-refractivity contribution in [3.63, 3.8) is 0 Å². The average Bonchev–Trinajstić information content (AvgIpc) is 2.60. The molecule has 0 saturated heterocycles. The van der Waals surface area contributed by atoms with Gasteiger partial charge < -0.3 is 5.73 Å². The summed E-state index contributed by atoms with van der Waals surface area (Å²) in [5.74, 6) is -1.05. The fourth-order valence-corrected chi connectivity index (χ4v) is 4.27. The molecule has 3 rings (SSSR count). The predicted octanol–water partition coefficient (Wildman–Crippen LogP) is 2.68. The van der Waals surface area contributed by atoms with Crippen LogP contribution in [0.5, 0.6) is 0 Å². The lowest BCUT2D eigenvalue weighted by Crippen LogP contribution is -2.17. The van der Waals surface area contributed by atoms with Crippen molar-refractivity contribution in [1.29, 1.82) is 0 Å². The van der Waals surface area contributed by atoms with Crippen LogP contribution in [0.1, 0.15) is 10.4 Å². The minimum absolute atomic E-state index is 0.00181. The van der Waals surface area contributed by atoms with Crippen molar-refractivity contribution in [3.8, 4) is 0 Å². The second kappa shape index (κ2) is 5.99. The molecule has 0 aliphatic heterocycles. The van der Waals surface area contributed by atoms with E-state index in [1.165, 1.54) is 6.07 Å². The molecule has 1 amide bonds. The van der Waals surface area contributed by atoms with Crippen molar-refractivity contribution in [1.82, 2.24) is 0 Å². The molecule has 0 bridgehead atoms. The number of primary amides is 1. The van der Waals surface area contributed by atoms with Gasteiger partial charge in [-0.3, -0.25) is 14.9 Å². The van der Waals surface area contributed by atoms with Gasteiger partial charge in [0.05, 0.1) is 20.3 Å². The largest absolute Gasteiger partial charge is 0.366 e. The first-order valence-electron chi connectivity index (χ1n) is 7.13. The minimum Gasteiger partial charge on any atom is -0.366 e. The van der Waals surface area contributed by atoms with Gasteiger partial charge in [0.2, 0.25) is 15.7 Å². The number of nitrogens with two attached hydrogens (primary N) is 1. The van der Waals surface area contributed by atoms with Crippen molar-refractivity contribution in [2.75, 3.05) is 0 Å². The van der Waals surface area contributed by atoms with Gasteiger partial charge in [-0.25, -0.2) is 8.42 Å². The number of amides is 1. The first-order valence-corrected chi connectivity index (χ1v) is 8.62. The molecule has 7 nitrogen and oxygen atoms in total. The summed E-state index contributed by atoms with van der Waals surface area (Å²) >= 11 is 0. The topological polar surface area (TPSA) is 120 Å². The average molecular weight is 356 g/mol. The van der Waals surface area contributed by atoms with E-state index in [1.807, 2.05) is 0 Å². The van der Waals surface area contributed by atoms with Crippen molar-refractivity contribution in [3.05, 3.63) is 76.3 Å². The third-order valence-corrected chi connectivity index (χ3v) is 5.64. The number of carbonyl (C=O) groups is 1. The van der Waals surface area contributed by atoms with Crippen LogP contribution >= 0.6 is 0 Å². The molecule has 0 aliphatic carbocycles. The maximum absolute atomic E-state index is 13.1. The third-order valence-electron chi connectivity index (χ3n) is 3.77. The Hall–Kier alpha value is -3.26. The van der Waals surface area contributed by atoms with E-state index in [0.29, 0.717) is 10.8 Å². The van der Waals surface area contributed by atoms with Crippen LogP contribution in [0.3, 0.4) is 0 Å². The molecule has 0 fully saturated rings. The molecule has 3 aromatic carbocycles. The van der Waals surface area contributed by atoms with Crippen LogP contribution in [-0.2, 0) is 9.84 Å². The lowest BCUT2D eigenvalue weighted by atomic mass is 10.1. The van der Waals surface area contributed by atoms with Crippen LogP contribution in [-0.4, -0.2) is 19.2 Å². The number of sulfone groups is 1. The highest BCUT2D eigenvalue weighted by atomic mass is 32.2. The fourth-order valence-electron chi connectivity index (χ4n) is 2.61. The van der Waals surface area contributed by atoms with Gasteiger partial charge in [0.25, 0.3) is 5.69 Å². The molecule has 0 heterocycles. The maximum Gasteiger partial charge on any atom is 0.270 e. The number of nitrogens with zero attached hydrogens (tertiary/aromatic N) is 1. The van der Waals surface area contributed by atoms with Gasteiger partial charge >= 0.3 is 0 Å². The second-order valence-corrected chi connectivity index (χ2v) is 7.17. The van der Waals surface area contributed by atoms with Gasteiger partial charge in [0, 0.05) is 17.5 Å². The zero-order valence-corrected chi connectivity index (χ0v) is 13.6. The quantitative estimate of drug-likeness (QED) is 0.569. The number of rotatable bonds is 4. The zero-order chi connectivity index (χ0) is 18.2. The number of benzene rings is 3. The van der Waals surface area contributed by atoms with E-state index in [0.717, 1.165) is 18.2 Å². The van der Waals surface area contributed by atoms with Crippen LogP contribution < -0.4 is 5.73 Å². The van der Waals surface area contributed by atoms with E-state index in [4.69, 9.17) is 5.73 Å². The first-order chi connectivity index (χ1) is 11.8. The van der Waals surface area contributed by atoms with Crippen LogP contribution in [0, 0.1) is 10.1 Å². The van der Waals surface area contributed by atoms with E-state index in [1.54, 1.807) is 36.4 Å². The number of hydrogen-bond donors (Lipinski definition) is 1. The second-order valence-electron chi connectivity index (χ2n) is 5.28. The summed E-state index contributed by atoms with van der Waals surface area (Å²) in [4.78, 5) is 21.5. The Morgan fingerprint density at radius 3 is 2.32 bits per heavy atom. The molecule has 0 radical (unpaired) electrons. The normalized spacial score (nSPS) is 11.4. The molecule has 25 heavy (non-hydrogen) atoms. The minimum atomic E-state index is -4.11. The smallest absolute Gasteiger partial charge is 0.270 e. The Balaban J connectivity index is 2.31. The van der Waals surface area contributed by atoms with Gasteiger partial charge in [-0.05, 0) is 17.5 Å². The van der Waals surface area contributed by atoms with Gasteiger partial charge in [-0.2, -0.15) is 0 Å². The summed E-state index contributed by atoms with van der Waals surface area (Å²) in [5, 5.41) is 12.1. The molecule has 3 aromatic rings. The number of hydrogen-bond acceptors (Lipinski definition) is 5. The van der Waals surface area contributed by atoms with Crippen LogP contribution in [0.15, 0.2) is 70.5 Å². The van der Waals surface area contributed by atoms with Crippen LogP contribution in [0.25, 0.3) is 10.8 Å². The van der Waals surface area contributed by atoms with Crippen LogP contribution in [0.2, 0.25) is 0 Å². The molecule has 0 aliphatic rings. The molecular formula is C17H12N2O5S. The number of carbonyl (C=O) groups excluding carboxylic acids is 1. The highest BCUT2D eigenvalue weighted by Gasteiger charge is 2.27. The Morgan fingerprint density at radius 1 is 0.960 bits per heavy atom. The molecule has 0 aromatic heterocycles. The van der Waals surface area contributed by atoms with Crippen molar-refractivity contribution in [2.24, 2.45) is 5.73 Å². The summed E-state index contributed by atoms with van der Waals surface area (Å²) in [6.07, 6.45) is 0. The first kappa shape index (κ1) is 16.6. The van der Waals surface area contributed by atoms with Crippen molar-refractivity contribution >= 4 is 32.2 Å². The maximum atomic E-state index is 13.1.